The monoisotopic (exact) mass is 415 g/mol. The highest BCUT2D eigenvalue weighted by molar-refractivity contribution is 5.79. The van der Waals surface area contributed by atoms with Gasteiger partial charge < -0.3 is 19.6 Å². The normalized spacial score (nSPS) is 11.5. The minimum atomic E-state index is 0.481. The molecule has 0 atom stereocenters. The molecule has 0 radical (unpaired) electrons. The summed E-state index contributed by atoms with van der Waals surface area (Å²) in [6.45, 7) is 3.47. The van der Waals surface area contributed by atoms with Crippen LogP contribution >= 0.6 is 0 Å². The summed E-state index contributed by atoms with van der Waals surface area (Å²) in [4.78, 5) is 9.27. The molecule has 4 aromatic rings. The van der Waals surface area contributed by atoms with Crippen LogP contribution < -0.4 is 10.6 Å². The number of oxazole rings is 1. The van der Waals surface area contributed by atoms with Crippen molar-refractivity contribution in [3.8, 4) is 11.5 Å². The summed E-state index contributed by atoms with van der Waals surface area (Å²) in [5.41, 5.74) is 2.87. The first-order valence-electron chi connectivity index (χ1n) is 10.1. The van der Waals surface area contributed by atoms with Gasteiger partial charge in [0.25, 0.3) is 0 Å². The van der Waals surface area contributed by atoms with E-state index in [1.54, 1.807) is 6.26 Å². The molecule has 2 aromatic carbocycles. The first-order chi connectivity index (χ1) is 15.2. The van der Waals surface area contributed by atoms with Gasteiger partial charge in [0.2, 0.25) is 5.89 Å². The molecular formula is C23H25N7O. The van der Waals surface area contributed by atoms with E-state index >= 15 is 0 Å². The first kappa shape index (κ1) is 20.3. The van der Waals surface area contributed by atoms with Crippen LogP contribution in [0, 0.1) is 6.92 Å². The summed E-state index contributed by atoms with van der Waals surface area (Å²) in [5, 5.41) is 15.0. The number of benzene rings is 2. The van der Waals surface area contributed by atoms with Crippen LogP contribution in [0.2, 0.25) is 0 Å². The number of aryl methyl sites for hydroxylation is 1. The highest BCUT2D eigenvalue weighted by Crippen LogP contribution is 2.17. The average Bonchev–Trinajstić information content (AvgIpc) is 3.42. The predicted molar refractivity (Wildman–Crippen MR) is 119 cm³/mol. The standard InChI is InChI=1S/C23H25N7O/c1-17-28-29-21(30(17)2)15-26-23(24-13-18-9-5-3-6-10-18)25-14-20-16-31-22(27-20)19-11-7-4-8-12-19/h3-12,16H,13-15H2,1-2H3,(H2,24,25,26). The second-order valence-electron chi connectivity index (χ2n) is 7.09. The van der Waals surface area contributed by atoms with Gasteiger partial charge in [-0.25, -0.2) is 9.98 Å². The number of hydrogen-bond donors (Lipinski definition) is 2. The molecule has 0 aliphatic carbocycles. The van der Waals surface area contributed by atoms with Crippen molar-refractivity contribution >= 4 is 5.96 Å². The van der Waals surface area contributed by atoms with Crippen molar-refractivity contribution < 1.29 is 4.42 Å². The zero-order chi connectivity index (χ0) is 21.5. The second-order valence-corrected chi connectivity index (χ2v) is 7.09. The van der Waals surface area contributed by atoms with Crippen LogP contribution in [0.25, 0.3) is 11.5 Å². The third kappa shape index (κ3) is 5.36. The van der Waals surface area contributed by atoms with E-state index in [2.05, 4.69) is 37.9 Å². The molecule has 0 aliphatic heterocycles. The van der Waals surface area contributed by atoms with Gasteiger partial charge in [0.1, 0.15) is 12.1 Å². The van der Waals surface area contributed by atoms with Gasteiger partial charge in [0.05, 0.1) is 25.3 Å². The number of rotatable bonds is 7. The van der Waals surface area contributed by atoms with Gasteiger partial charge >= 0.3 is 0 Å². The largest absolute Gasteiger partial charge is 0.444 e. The Bertz CT molecular complexity index is 1130. The molecule has 2 aromatic heterocycles. The van der Waals surface area contributed by atoms with Crippen LogP contribution in [0.4, 0.5) is 0 Å². The van der Waals surface area contributed by atoms with Crippen molar-refractivity contribution in [2.75, 3.05) is 0 Å². The first-order valence-corrected chi connectivity index (χ1v) is 10.1. The van der Waals surface area contributed by atoms with E-state index in [0.29, 0.717) is 31.5 Å². The summed E-state index contributed by atoms with van der Waals surface area (Å²) in [5.74, 6) is 2.96. The Kier molecular flexibility index (Phi) is 6.37. The zero-order valence-corrected chi connectivity index (χ0v) is 17.6. The maximum absolute atomic E-state index is 5.63. The lowest BCUT2D eigenvalue weighted by Crippen LogP contribution is -2.37. The summed E-state index contributed by atoms with van der Waals surface area (Å²) >= 11 is 0. The number of guanidine groups is 1. The molecule has 0 spiro atoms. The van der Waals surface area contributed by atoms with Gasteiger partial charge in [0, 0.05) is 12.6 Å². The zero-order valence-electron chi connectivity index (χ0n) is 17.6. The quantitative estimate of drug-likeness (QED) is 0.356. The van der Waals surface area contributed by atoms with Crippen molar-refractivity contribution in [1.29, 1.82) is 0 Å². The van der Waals surface area contributed by atoms with Gasteiger partial charge in [-0.2, -0.15) is 0 Å². The Hall–Kier alpha value is -3.94. The second kappa shape index (κ2) is 9.71. The lowest BCUT2D eigenvalue weighted by Gasteiger charge is -2.11. The van der Waals surface area contributed by atoms with Crippen LogP contribution in [0.1, 0.15) is 22.9 Å². The minimum absolute atomic E-state index is 0.481. The summed E-state index contributed by atoms with van der Waals surface area (Å²) in [7, 11) is 1.95. The molecule has 0 unspecified atom stereocenters. The van der Waals surface area contributed by atoms with Crippen LogP contribution in [-0.2, 0) is 26.7 Å². The van der Waals surface area contributed by atoms with Crippen molar-refractivity contribution in [1.82, 2.24) is 30.4 Å². The molecule has 0 saturated heterocycles. The SMILES string of the molecule is Cc1nnc(CNC(=NCc2ccccc2)NCc2coc(-c3ccccc3)n2)n1C. The molecule has 0 bridgehead atoms. The Balaban J connectivity index is 1.43. The molecule has 4 rings (SSSR count). The molecule has 0 saturated carbocycles. The third-order valence-electron chi connectivity index (χ3n) is 4.87. The Morgan fingerprint density at radius 3 is 2.39 bits per heavy atom. The van der Waals surface area contributed by atoms with E-state index in [0.717, 1.165) is 28.5 Å². The minimum Gasteiger partial charge on any atom is -0.444 e. The highest BCUT2D eigenvalue weighted by atomic mass is 16.3. The van der Waals surface area contributed by atoms with Crippen molar-refractivity contribution in [2.45, 2.75) is 26.6 Å². The highest BCUT2D eigenvalue weighted by Gasteiger charge is 2.09. The van der Waals surface area contributed by atoms with Gasteiger partial charge in [-0.15, -0.1) is 10.2 Å². The van der Waals surface area contributed by atoms with Crippen LogP contribution in [-0.4, -0.2) is 25.7 Å². The molecule has 8 nitrogen and oxygen atoms in total. The fraction of sp³-hybridized carbons (Fsp3) is 0.217. The number of nitrogens with zero attached hydrogens (tertiary/aromatic N) is 5. The molecule has 2 heterocycles. The lowest BCUT2D eigenvalue weighted by molar-refractivity contribution is 0.572. The van der Waals surface area contributed by atoms with Gasteiger partial charge in [-0.1, -0.05) is 48.5 Å². The Labute approximate surface area is 181 Å². The summed E-state index contributed by atoms with van der Waals surface area (Å²) < 4.78 is 7.58. The number of hydrogen-bond acceptors (Lipinski definition) is 5. The molecule has 0 amide bonds. The van der Waals surface area contributed by atoms with Crippen molar-refractivity contribution in [3.05, 3.63) is 89.8 Å². The van der Waals surface area contributed by atoms with E-state index in [9.17, 15) is 0 Å². The Morgan fingerprint density at radius 2 is 1.68 bits per heavy atom. The topological polar surface area (TPSA) is 93.2 Å². The third-order valence-corrected chi connectivity index (χ3v) is 4.87. The van der Waals surface area contributed by atoms with E-state index in [1.807, 2.05) is 67.1 Å². The van der Waals surface area contributed by atoms with E-state index in [1.165, 1.54) is 0 Å². The Morgan fingerprint density at radius 1 is 0.968 bits per heavy atom. The average molecular weight is 416 g/mol. The number of aromatic nitrogens is 4. The van der Waals surface area contributed by atoms with Gasteiger partial charge in [0.15, 0.2) is 11.8 Å². The fourth-order valence-electron chi connectivity index (χ4n) is 2.97. The number of aliphatic imine (C=N–C) groups is 1. The lowest BCUT2D eigenvalue weighted by atomic mass is 10.2. The number of nitrogens with one attached hydrogen (secondary N) is 2. The smallest absolute Gasteiger partial charge is 0.226 e. The molecule has 158 valence electrons. The molecule has 31 heavy (non-hydrogen) atoms. The van der Waals surface area contributed by atoms with Crippen molar-refractivity contribution in [2.24, 2.45) is 12.0 Å². The molecule has 2 N–H and O–H groups in total. The molecule has 0 fully saturated rings. The van der Waals surface area contributed by atoms with E-state index in [4.69, 9.17) is 9.41 Å². The molecule has 0 aliphatic rings. The van der Waals surface area contributed by atoms with Crippen LogP contribution in [0.5, 0.6) is 0 Å². The summed E-state index contributed by atoms with van der Waals surface area (Å²) in [6.07, 6.45) is 1.66. The molecule has 8 heteroatoms. The maximum Gasteiger partial charge on any atom is 0.226 e. The van der Waals surface area contributed by atoms with Crippen LogP contribution in [0.3, 0.4) is 0 Å². The molecular weight excluding hydrogens is 390 g/mol. The van der Waals surface area contributed by atoms with E-state index < -0.39 is 0 Å². The fourth-order valence-corrected chi connectivity index (χ4v) is 2.97. The van der Waals surface area contributed by atoms with E-state index in [-0.39, 0.29) is 0 Å². The van der Waals surface area contributed by atoms with Crippen LogP contribution in [0.15, 0.2) is 76.3 Å². The van der Waals surface area contributed by atoms with Gasteiger partial charge in [-0.3, -0.25) is 0 Å². The van der Waals surface area contributed by atoms with Gasteiger partial charge in [-0.05, 0) is 24.6 Å². The van der Waals surface area contributed by atoms with Crippen molar-refractivity contribution in [3.63, 3.8) is 0 Å². The maximum atomic E-state index is 5.63. The summed E-state index contributed by atoms with van der Waals surface area (Å²) in [6, 6.07) is 20.0. The predicted octanol–water partition coefficient (Wildman–Crippen LogP) is 3.21.